The number of hydrogen-bond donors (Lipinski definition) is 3. The summed E-state index contributed by atoms with van der Waals surface area (Å²) in [7, 11) is 0. The van der Waals surface area contributed by atoms with Crippen LogP contribution in [0, 0.1) is 0 Å². The predicted molar refractivity (Wildman–Crippen MR) is 41.0 cm³/mol. The van der Waals surface area contributed by atoms with Gasteiger partial charge in [0.15, 0.2) is 5.69 Å². The van der Waals surface area contributed by atoms with Gasteiger partial charge in [-0.25, -0.2) is 14.3 Å². The molecule has 8 nitrogen and oxygen atoms in total. The number of aliphatic hydroxyl groups is 1. The SMILES string of the molecule is O=C(O)c1nnn(CCO)c1C(=O)O. The third-order valence-corrected chi connectivity index (χ3v) is 1.45. The summed E-state index contributed by atoms with van der Waals surface area (Å²) in [5, 5.41) is 32.2. The van der Waals surface area contributed by atoms with E-state index in [4.69, 9.17) is 15.3 Å². The van der Waals surface area contributed by atoms with Crippen LogP contribution < -0.4 is 0 Å². The van der Waals surface area contributed by atoms with Crippen LogP contribution in [0.25, 0.3) is 0 Å². The van der Waals surface area contributed by atoms with E-state index in [-0.39, 0.29) is 13.2 Å². The van der Waals surface area contributed by atoms with Crippen molar-refractivity contribution in [3.8, 4) is 0 Å². The Labute approximate surface area is 77.4 Å². The van der Waals surface area contributed by atoms with Crippen molar-refractivity contribution in [1.29, 1.82) is 0 Å². The summed E-state index contributed by atoms with van der Waals surface area (Å²) in [4.78, 5) is 21.1. The second kappa shape index (κ2) is 3.83. The molecular weight excluding hydrogens is 194 g/mol. The van der Waals surface area contributed by atoms with Crippen molar-refractivity contribution in [3.63, 3.8) is 0 Å². The second-order valence-corrected chi connectivity index (χ2v) is 2.34. The number of rotatable bonds is 4. The van der Waals surface area contributed by atoms with Gasteiger partial charge in [0.05, 0.1) is 13.2 Å². The fourth-order valence-corrected chi connectivity index (χ4v) is 0.920. The summed E-state index contributed by atoms with van der Waals surface area (Å²) in [6.45, 7) is -0.454. The van der Waals surface area contributed by atoms with Crippen molar-refractivity contribution >= 4 is 11.9 Å². The van der Waals surface area contributed by atoms with E-state index < -0.39 is 23.3 Å². The molecule has 8 heteroatoms. The third-order valence-electron chi connectivity index (χ3n) is 1.45. The van der Waals surface area contributed by atoms with E-state index in [1.807, 2.05) is 0 Å². The predicted octanol–water partition coefficient (Wildman–Crippen LogP) is -1.33. The quantitative estimate of drug-likeness (QED) is 0.550. The van der Waals surface area contributed by atoms with Crippen LogP contribution in [0.3, 0.4) is 0 Å². The van der Waals surface area contributed by atoms with Crippen molar-refractivity contribution in [3.05, 3.63) is 11.4 Å². The fraction of sp³-hybridized carbons (Fsp3) is 0.333. The monoisotopic (exact) mass is 201 g/mol. The molecule has 1 rings (SSSR count). The molecule has 0 aliphatic rings. The van der Waals surface area contributed by atoms with Crippen LogP contribution in [0.1, 0.15) is 21.0 Å². The Kier molecular flexibility index (Phi) is 2.77. The molecule has 0 fully saturated rings. The first-order chi connectivity index (χ1) is 6.57. The molecule has 0 saturated carbocycles. The molecule has 0 spiro atoms. The minimum absolute atomic E-state index is 0.109. The lowest BCUT2D eigenvalue weighted by molar-refractivity contribution is 0.0639. The minimum Gasteiger partial charge on any atom is -0.476 e. The van der Waals surface area contributed by atoms with Gasteiger partial charge in [-0.1, -0.05) is 5.21 Å². The fourth-order valence-electron chi connectivity index (χ4n) is 0.920. The van der Waals surface area contributed by atoms with Gasteiger partial charge in [0.2, 0.25) is 5.69 Å². The largest absolute Gasteiger partial charge is 0.476 e. The van der Waals surface area contributed by atoms with Crippen LogP contribution in [0.2, 0.25) is 0 Å². The molecule has 76 valence electrons. The van der Waals surface area contributed by atoms with E-state index in [9.17, 15) is 9.59 Å². The summed E-state index contributed by atoms with van der Waals surface area (Å²) in [5.41, 5.74) is -1.17. The van der Waals surface area contributed by atoms with Gasteiger partial charge in [-0.2, -0.15) is 0 Å². The Morgan fingerprint density at radius 2 is 1.93 bits per heavy atom. The van der Waals surface area contributed by atoms with Crippen molar-refractivity contribution in [2.45, 2.75) is 6.54 Å². The van der Waals surface area contributed by atoms with Crippen molar-refractivity contribution in [2.24, 2.45) is 0 Å². The average Bonchev–Trinajstić information content (AvgIpc) is 2.48. The second-order valence-electron chi connectivity index (χ2n) is 2.34. The first-order valence-corrected chi connectivity index (χ1v) is 3.59. The van der Waals surface area contributed by atoms with Gasteiger partial charge < -0.3 is 15.3 Å². The molecule has 0 atom stereocenters. The van der Waals surface area contributed by atoms with E-state index >= 15 is 0 Å². The molecule has 0 aliphatic heterocycles. The average molecular weight is 201 g/mol. The molecule has 14 heavy (non-hydrogen) atoms. The molecule has 0 bridgehead atoms. The van der Waals surface area contributed by atoms with Gasteiger partial charge in [0.25, 0.3) is 0 Å². The standard InChI is InChI=1S/C6H7N3O5/c10-2-1-9-4(6(13)14)3(5(11)12)7-8-9/h10H,1-2H2,(H,11,12)(H,13,14). The Morgan fingerprint density at radius 1 is 1.29 bits per heavy atom. The van der Waals surface area contributed by atoms with Crippen LogP contribution in [-0.4, -0.2) is 48.9 Å². The van der Waals surface area contributed by atoms with E-state index in [0.29, 0.717) is 0 Å². The first-order valence-electron chi connectivity index (χ1n) is 3.59. The molecule has 0 aliphatic carbocycles. The van der Waals surface area contributed by atoms with Crippen LogP contribution in [0.15, 0.2) is 0 Å². The van der Waals surface area contributed by atoms with Crippen molar-refractivity contribution in [1.82, 2.24) is 15.0 Å². The van der Waals surface area contributed by atoms with Crippen LogP contribution >= 0.6 is 0 Å². The highest BCUT2D eigenvalue weighted by Crippen LogP contribution is 2.05. The number of aromatic nitrogens is 3. The summed E-state index contributed by atoms with van der Waals surface area (Å²) in [5.74, 6) is -2.91. The van der Waals surface area contributed by atoms with Crippen molar-refractivity contribution < 1.29 is 24.9 Å². The molecule has 0 saturated heterocycles. The normalized spacial score (nSPS) is 10.1. The number of nitrogens with zero attached hydrogens (tertiary/aromatic N) is 3. The third kappa shape index (κ3) is 1.69. The summed E-state index contributed by atoms with van der Waals surface area (Å²) >= 11 is 0. The smallest absolute Gasteiger partial charge is 0.359 e. The van der Waals surface area contributed by atoms with Crippen LogP contribution in [0.5, 0.6) is 0 Å². The molecule has 0 amide bonds. The molecule has 0 radical (unpaired) electrons. The lowest BCUT2D eigenvalue weighted by Gasteiger charge is -1.99. The van der Waals surface area contributed by atoms with Crippen molar-refractivity contribution in [2.75, 3.05) is 6.61 Å². The molecule has 0 unspecified atom stereocenters. The Bertz CT molecular complexity index is 372. The van der Waals surface area contributed by atoms with Gasteiger partial charge in [-0.15, -0.1) is 5.10 Å². The van der Waals surface area contributed by atoms with E-state index in [1.54, 1.807) is 0 Å². The van der Waals surface area contributed by atoms with Crippen LogP contribution in [-0.2, 0) is 6.54 Å². The zero-order chi connectivity index (χ0) is 10.7. The molecule has 0 aromatic carbocycles. The van der Waals surface area contributed by atoms with Gasteiger partial charge >= 0.3 is 11.9 Å². The zero-order valence-electron chi connectivity index (χ0n) is 6.91. The number of hydrogen-bond acceptors (Lipinski definition) is 5. The topological polar surface area (TPSA) is 126 Å². The highest BCUT2D eigenvalue weighted by Gasteiger charge is 2.24. The van der Waals surface area contributed by atoms with Gasteiger partial charge in [0, 0.05) is 0 Å². The van der Waals surface area contributed by atoms with E-state index in [2.05, 4.69) is 10.3 Å². The molecule has 3 N–H and O–H groups in total. The lowest BCUT2D eigenvalue weighted by Crippen LogP contribution is -2.15. The first kappa shape index (κ1) is 10.1. The summed E-state index contributed by atoms with van der Waals surface area (Å²) in [6, 6.07) is 0. The maximum Gasteiger partial charge on any atom is 0.359 e. The summed E-state index contributed by atoms with van der Waals surface area (Å²) in [6.07, 6.45) is 0. The Morgan fingerprint density at radius 3 is 2.36 bits per heavy atom. The highest BCUT2D eigenvalue weighted by molar-refractivity contribution is 5.98. The Balaban J connectivity index is 3.20. The van der Waals surface area contributed by atoms with Crippen LogP contribution in [0.4, 0.5) is 0 Å². The number of carboxylic acid groups (broad SMARTS) is 2. The zero-order valence-corrected chi connectivity index (χ0v) is 6.91. The van der Waals surface area contributed by atoms with E-state index in [1.165, 1.54) is 0 Å². The number of carboxylic acids is 2. The molecular formula is C6H7N3O5. The van der Waals surface area contributed by atoms with E-state index in [0.717, 1.165) is 4.68 Å². The van der Waals surface area contributed by atoms with Gasteiger partial charge in [-0.3, -0.25) is 0 Å². The molecule has 1 aromatic heterocycles. The van der Waals surface area contributed by atoms with Gasteiger partial charge in [-0.05, 0) is 0 Å². The minimum atomic E-state index is -1.47. The molecule has 1 heterocycles. The number of aromatic carboxylic acids is 2. The maximum absolute atomic E-state index is 10.6. The number of carbonyl (C=O) groups is 2. The Hall–Kier alpha value is -1.96. The summed E-state index contributed by atoms with van der Waals surface area (Å²) < 4.78 is 0.825. The molecule has 1 aromatic rings. The van der Waals surface area contributed by atoms with Gasteiger partial charge in [0.1, 0.15) is 0 Å². The number of aliphatic hydroxyl groups excluding tert-OH is 1. The lowest BCUT2D eigenvalue weighted by atomic mass is 10.3. The maximum atomic E-state index is 10.6. The highest BCUT2D eigenvalue weighted by atomic mass is 16.4.